The lowest BCUT2D eigenvalue weighted by molar-refractivity contribution is -0.137. The van der Waals surface area contributed by atoms with Gasteiger partial charge in [0.15, 0.2) is 9.84 Å². The first-order valence-electron chi connectivity index (χ1n) is 10.2. The molecular formula is C21H21ClF3N3O3S. The van der Waals surface area contributed by atoms with Gasteiger partial charge in [0.25, 0.3) is 0 Å². The lowest BCUT2D eigenvalue weighted by atomic mass is 9.94. The summed E-state index contributed by atoms with van der Waals surface area (Å²) >= 11 is 6.03. The quantitative estimate of drug-likeness (QED) is 0.707. The number of anilines is 1. The minimum atomic E-state index is -4.52. The van der Waals surface area contributed by atoms with Crippen LogP contribution in [0.2, 0.25) is 5.02 Å². The zero-order chi connectivity index (χ0) is 23.1. The fourth-order valence-corrected chi connectivity index (χ4v) is 6.11. The van der Waals surface area contributed by atoms with Crippen molar-refractivity contribution >= 4 is 33.2 Å². The van der Waals surface area contributed by atoms with Gasteiger partial charge in [-0.1, -0.05) is 29.8 Å². The zero-order valence-electron chi connectivity index (χ0n) is 16.9. The van der Waals surface area contributed by atoms with E-state index in [0.717, 1.165) is 12.3 Å². The molecule has 4 rings (SSSR count). The third-order valence-corrected chi connectivity index (χ3v) is 8.03. The van der Waals surface area contributed by atoms with Gasteiger partial charge in [-0.05, 0) is 37.0 Å². The summed E-state index contributed by atoms with van der Waals surface area (Å²) in [5.74, 6) is -0.198. The number of nitrogens with one attached hydrogen (secondary N) is 1. The highest BCUT2D eigenvalue weighted by atomic mass is 35.5. The molecule has 0 saturated carbocycles. The molecule has 2 aliphatic heterocycles. The van der Waals surface area contributed by atoms with Gasteiger partial charge in [0.1, 0.15) is 5.82 Å². The van der Waals surface area contributed by atoms with Crippen molar-refractivity contribution in [2.24, 2.45) is 5.92 Å². The molecule has 0 spiro atoms. The van der Waals surface area contributed by atoms with Crippen molar-refractivity contribution in [3.63, 3.8) is 0 Å². The smallest absolute Gasteiger partial charge is 0.355 e. The molecular weight excluding hydrogens is 467 g/mol. The Labute approximate surface area is 188 Å². The molecule has 1 saturated heterocycles. The lowest BCUT2D eigenvalue weighted by Crippen LogP contribution is -2.43. The van der Waals surface area contributed by atoms with Crippen LogP contribution in [0.15, 0.2) is 41.4 Å². The summed E-state index contributed by atoms with van der Waals surface area (Å²) in [6.07, 6.45) is -2.48. The topological polar surface area (TPSA) is 79.4 Å². The van der Waals surface area contributed by atoms with E-state index in [0.29, 0.717) is 37.9 Å². The monoisotopic (exact) mass is 487 g/mol. The van der Waals surface area contributed by atoms with E-state index in [-0.39, 0.29) is 39.4 Å². The van der Waals surface area contributed by atoms with Gasteiger partial charge in [0, 0.05) is 25.2 Å². The van der Waals surface area contributed by atoms with Crippen LogP contribution in [0.1, 0.15) is 36.4 Å². The van der Waals surface area contributed by atoms with E-state index in [2.05, 4.69) is 10.3 Å². The van der Waals surface area contributed by atoms with Crippen LogP contribution in [0.25, 0.3) is 0 Å². The lowest BCUT2D eigenvalue weighted by Gasteiger charge is -2.34. The second-order valence-corrected chi connectivity index (χ2v) is 10.5. The van der Waals surface area contributed by atoms with E-state index >= 15 is 0 Å². The highest BCUT2D eigenvalue weighted by molar-refractivity contribution is 7.91. The van der Waals surface area contributed by atoms with Crippen molar-refractivity contribution in [1.82, 2.24) is 10.3 Å². The molecule has 3 heterocycles. The Kier molecular flexibility index (Phi) is 6.10. The number of carbonyl (C=O) groups is 1. The van der Waals surface area contributed by atoms with E-state index < -0.39 is 21.6 Å². The number of fused-ring (bicyclic) bond motifs is 1. The van der Waals surface area contributed by atoms with Gasteiger partial charge in [-0.3, -0.25) is 4.79 Å². The fraction of sp³-hybridized carbons (Fsp3) is 0.429. The largest absolute Gasteiger partial charge is 0.417 e. The first-order valence-corrected chi connectivity index (χ1v) is 12.2. The molecule has 172 valence electrons. The second-order valence-electron chi connectivity index (χ2n) is 8.00. The number of pyridine rings is 1. The number of halogens is 4. The molecule has 1 amide bonds. The van der Waals surface area contributed by atoms with Crippen LogP contribution in [0, 0.1) is 5.92 Å². The van der Waals surface area contributed by atoms with E-state index in [4.69, 9.17) is 11.6 Å². The Morgan fingerprint density at radius 3 is 2.50 bits per heavy atom. The minimum Gasteiger partial charge on any atom is -0.355 e. The highest BCUT2D eigenvalue weighted by Crippen LogP contribution is 2.35. The number of sulfone groups is 1. The number of amides is 1. The predicted molar refractivity (Wildman–Crippen MR) is 113 cm³/mol. The van der Waals surface area contributed by atoms with Gasteiger partial charge in [0.2, 0.25) is 5.91 Å². The molecule has 11 heteroatoms. The van der Waals surface area contributed by atoms with Gasteiger partial charge >= 0.3 is 6.18 Å². The van der Waals surface area contributed by atoms with Crippen LogP contribution >= 0.6 is 11.6 Å². The summed E-state index contributed by atoms with van der Waals surface area (Å²) in [5, 5.41) is 2.90. The highest BCUT2D eigenvalue weighted by Gasteiger charge is 2.35. The van der Waals surface area contributed by atoms with Crippen molar-refractivity contribution in [3.05, 3.63) is 52.7 Å². The van der Waals surface area contributed by atoms with Gasteiger partial charge in [-0.25, -0.2) is 13.4 Å². The third kappa shape index (κ3) is 4.56. The van der Waals surface area contributed by atoms with Gasteiger partial charge < -0.3 is 10.2 Å². The summed E-state index contributed by atoms with van der Waals surface area (Å²) in [6, 6.07) is 7.18. The Bertz CT molecular complexity index is 1130. The summed E-state index contributed by atoms with van der Waals surface area (Å²) in [7, 11) is -3.34. The van der Waals surface area contributed by atoms with Gasteiger partial charge in [-0.2, -0.15) is 13.2 Å². The molecule has 0 aliphatic carbocycles. The zero-order valence-corrected chi connectivity index (χ0v) is 18.5. The second kappa shape index (κ2) is 8.55. The number of hydrogen-bond acceptors (Lipinski definition) is 5. The minimum absolute atomic E-state index is 0.0223. The molecule has 32 heavy (non-hydrogen) atoms. The van der Waals surface area contributed by atoms with E-state index in [9.17, 15) is 26.4 Å². The number of alkyl halides is 3. The maximum absolute atomic E-state index is 12.9. The Hall–Kier alpha value is -2.33. The average Bonchev–Trinajstić information content (AvgIpc) is 2.75. The molecule has 1 aromatic carbocycles. The molecule has 1 aromatic heterocycles. The summed E-state index contributed by atoms with van der Waals surface area (Å²) in [6.45, 7) is 0.845. The van der Waals surface area contributed by atoms with Gasteiger partial charge in [-0.15, -0.1) is 0 Å². The first-order chi connectivity index (χ1) is 15.1. The van der Waals surface area contributed by atoms with Crippen molar-refractivity contribution in [1.29, 1.82) is 0 Å². The summed E-state index contributed by atoms with van der Waals surface area (Å²) < 4.78 is 63.0. The van der Waals surface area contributed by atoms with E-state index in [1.165, 1.54) is 0 Å². The number of benzene rings is 1. The summed E-state index contributed by atoms with van der Waals surface area (Å²) in [4.78, 5) is 18.8. The number of aromatic nitrogens is 1. The molecule has 2 aliphatic rings. The predicted octanol–water partition coefficient (Wildman–Crippen LogP) is 4.01. The van der Waals surface area contributed by atoms with Crippen LogP contribution in [0.3, 0.4) is 0 Å². The maximum Gasteiger partial charge on any atom is 0.417 e. The molecule has 1 N–H and O–H groups in total. The Morgan fingerprint density at radius 2 is 1.84 bits per heavy atom. The van der Waals surface area contributed by atoms with Crippen LogP contribution in [-0.2, 0) is 20.8 Å². The number of nitrogens with zero attached hydrogens (tertiary/aromatic N) is 2. The number of rotatable bonds is 3. The van der Waals surface area contributed by atoms with Crippen LogP contribution in [-0.4, -0.2) is 38.2 Å². The maximum atomic E-state index is 12.9. The van der Waals surface area contributed by atoms with Crippen molar-refractivity contribution in [3.8, 4) is 0 Å². The summed E-state index contributed by atoms with van der Waals surface area (Å²) in [5.41, 5.74) is -0.305. The van der Waals surface area contributed by atoms with Gasteiger partial charge in [0.05, 0.1) is 27.3 Å². The van der Waals surface area contributed by atoms with Crippen molar-refractivity contribution in [2.75, 3.05) is 23.7 Å². The van der Waals surface area contributed by atoms with Crippen LogP contribution < -0.4 is 10.2 Å². The fourth-order valence-electron chi connectivity index (χ4n) is 4.20. The SMILES string of the molecule is O=C(NC1CCS(=O)(=O)c2ccccc21)C1CCN(c2ncc(C(F)(F)F)cc2Cl)CC1. The van der Waals surface area contributed by atoms with E-state index in [1.807, 2.05) is 0 Å². The third-order valence-electron chi connectivity index (χ3n) is 5.94. The average molecular weight is 488 g/mol. The molecule has 0 radical (unpaired) electrons. The Balaban J connectivity index is 1.40. The molecule has 1 atom stereocenters. The number of piperidine rings is 1. The standard InChI is InChI=1S/C21H21ClF3N3O3S/c22-16-11-14(21(23,24)25)12-26-19(16)28-8-5-13(6-9-28)20(29)27-17-7-10-32(30,31)18-4-2-1-3-15(17)18/h1-4,11-13,17H,5-10H2,(H,27,29). The first kappa shape index (κ1) is 22.8. The molecule has 2 aromatic rings. The van der Waals surface area contributed by atoms with Crippen LogP contribution in [0.4, 0.5) is 19.0 Å². The number of carbonyl (C=O) groups excluding carboxylic acids is 1. The molecule has 1 fully saturated rings. The van der Waals surface area contributed by atoms with Crippen LogP contribution in [0.5, 0.6) is 0 Å². The molecule has 1 unspecified atom stereocenters. The Morgan fingerprint density at radius 1 is 1.16 bits per heavy atom. The normalized spacial score (nSPS) is 21.1. The molecule has 6 nitrogen and oxygen atoms in total. The van der Waals surface area contributed by atoms with E-state index in [1.54, 1.807) is 29.2 Å². The number of hydrogen-bond donors (Lipinski definition) is 1. The van der Waals surface area contributed by atoms with Crippen molar-refractivity contribution < 1.29 is 26.4 Å². The molecule has 0 bridgehead atoms. The van der Waals surface area contributed by atoms with Crippen molar-refractivity contribution in [2.45, 2.75) is 36.4 Å².